The molecule has 0 unspecified atom stereocenters. The summed E-state index contributed by atoms with van der Waals surface area (Å²) in [6.07, 6.45) is 1.64. The summed E-state index contributed by atoms with van der Waals surface area (Å²) in [6, 6.07) is 0. The van der Waals surface area contributed by atoms with Gasteiger partial charge in [0.25, 0.3) is 5.22 Å². The van der Waals surface area contributed by atoms with E-state index in [0.29, 0.717) is 25.0 Å². The first-order valence-corrected chi connectivity index (χ1v) is 5.14. The molecule has 1 rings (SSSR count). The van der Waals surface area contributed by atoms with Crippen LogP contribution in [0.3, 0.4) is 0 Å². The van der Waals surface area contributed by atoms with Crippen molar-refractivity contribution in [1.29, 1.82) is 0 Å². The molecule has 1 aromatic rings. The zero-order valence-electron chi connectivity index (χ0n) is 7.66. The highest BCUT2D eigenvalue weighted by Gasteiger charge is 2.00. The van der Waals surface area contributed by atoms with Crippen molar-refractivity contribution in [2.75, 3.05) is 25.5 Å². The third-order valence-corrected chi connectivity index (χ3v) is 2.12. The molecule has 1 heterocycles. The fourth-order valence-electron chi connectivity index (χ4n) is 0.772. The Hall–Kier alpha value is -0.520. The molecule has 0 bridgehead atoms. The van der Waals surface area contributed by atoms with Crippen LogP contribution in [-0.2, 0) is 4.74 Å². The van der Waals surface area contributed by atoms with Crippen LogP contribution >= 0.6 is 11.8 Å². The molecule has 0 aliphatic rings. The number of hydrogen-bond acceptors (Lipinski definition) is 5. The number of nitrogens with zero attached hydrogens (tertiary/aromatic N) is 1. The highest BCUT2D eigenvalue weighted by molar-refractivity contribution is 7.99. The largest absolute Gasteiger partial charge is 0.440 e. The van der Waals surface area contributed by atoms with Crippen molar-refractivity contribution < 1.29 is 9.15 Å². The molecule has 0 aromatic carbocycles. The van der Waals surface area contributed by atoms with Crippen molar-refractivity contribution in [3.8, 4) is 0 Å². The Morgan fingerprint density at radius 1 is 1.62 bits per heavy atom. The third kappa shape index (κ3) is 4.31. The second-order valence-corrected chi connectivity index (χ2v) is 3.55. The Morgan fingerprint density at radius 3 is 3.08 bits per heavy atom. The molecule has 0 radical (unpaired) electrons. The lowest BCUT2D eigenvalue weighted by Crippen LogP contribution is -2.09. The Balaban J connectivity index is 2.06. The number of aryl methyl sites for hydroxylation is 1. The molecule has 74 valence electrons. The van der Waals surface area contributed by atoms with E-state index >= 15 is 0 Å². The number of aromatic nitrogens is 1. The van der Waals surface area contributed by atoms with Crippen LogP contribution in [0.5, 0.6) is 0 Å². The first-order chi connectivity index (χ1) is 6.33. The van der Waals surface area contributed by atoms with Gasteiger partial charge in [-0.25, -0.2) is 4.98 Å². The van der Waals surface area contributed by atoms with E-state index in [4.69, 9.17) is 14.9 Å². The maximum Gasteiger partial charge on any atom is 0.255 e. The summed E-state index contributed by atoms with van der Waals surface area (Å²) in [7, 11) is 0. The van der Waals surface area contributed by atoms with E-state index in [0.717, 1.165) is 11.4 Å². The summed E-state index contributed by atoms with van der Waals surface area (Å²) in [5.74, 6) is 0.847. The molecule has 0 saturated carbocycles. The van der Waals surface area contributed by atoms with Gasteiger partial charge in [0.1, 0.15) is 6.26 Å². The number of hydrogen-bond donors (Lipinski definition) is 1. The van der Waals surface area contributed by atoms with Crippen LogP contribution in [0.4, 0.5) is 0 Å². The van der Waals surface area contributed by atoms with Crippen LogP contribution in [0.25, 0.3) is 0 Å². The Bertz CT molecular complexity index is 240. The van der Waals surface area contributed by atoms with Crippen LogP contribution in [0, 0.1) is 6.92 Å². The Labute approximate surface area is 81.8 Å². The molecule has 0 aliphatic carbocycles. The van der Waals surface area contributed by atoms with Crippen molar-refractivity contribution in [3.05, 3.63) is 12.0 Å². The molecule has 0 aliphatic heterocycles. The third-order valence-electron chi connectivity index (χ3n) is 1.31. The summed E-state index contributed by atoms with van der Waals surface area (Å²) in [5, 5.41) is 0.703. The van der Waals surface area contributed by atoms with Gasteiger partial charge in [0, 0.05) is 12.3 Å². The van der Waals surface area contributed by atoms with Gasteiger partial charge in [-0.1, -0.05) is 11.8 Å². The van der Waals surface area contributed by atoms with Gasteiger partial charge in [-0.05, 0) is 6.92 Å². The Kier molecular flexibility index (Phi) is 4.88. The average Bonchev–Trinajstić information content (AvgIpc) is 2.51. The molecule has 2 N–H and O–H groups in total. The minimum atomic E-state index is 0.572. The zero-order chi connectivity index (χ0) is 9.52. The predicted octanol–water partition coefficient (Wildman–Crippen LogP) is 1.05. The van der Waals surface area contributed by atoms with Gasteiger partial charge >= 0.3 is 0 Å². The smallest absolute Gasteiger partial charge is 0.255 e. The first-order valence-electron chi connectivity index (χ1n) is 4.15. The van der Waals surface area contributed by atoms with Crippen molar-refractivity contribution in [3.63, 3.8) is 0 Å². The molecule has 0 amide bonds. The molecular weight excluding hydrogens is 188 g/mol. The van der Waals surface area contributed by atoms with Gasteiger partial charge in [-0.15, -0.1) is 0 Å². The lowest BCUT2D eigenvalue weighted by molar-refractivity contribution is 0.158. The van der Waals surface area contributed by atoms with Crippen molar-refractivity contribution in [1.82, 2.24) is 4.98 Å². The van der Waals surface area contributed by atoms with Gasteiger partial charge in [-0.3, -0.25) is 0 Å². The summed E-state index contributed by atoms with van der Waals surface area (Å²) >= 11 is 1.55. The number of rotatable bonds is 6. The van der Waals surface area contributed by atoms with Crippen LogP contribution in [0.1, 0.15) is 5.69 Å². The summed E-state index contributed by atoms with van der Waals surface area (Å²) < 4.78 is 10.3. The first kappa shape index (κ1) is 10.6. The summed E-state index contributed by atoms with van der Waals surface area (Å²) in [6.45, 7) is 3.77. The van der Waals surface area contributed by atoms with Crippen LogP contribution in [0.15, 0.2) is 15.9 Å². The molecule has 0 spiro atoms. The average molecular weight is 202 g/mol. The number of thioether (sulfide) groups is 1. The summed E-state index contributed by atoms with van der Waals surface area (Å²) in [5.41, 5.74) is 6.17. The molecule has 0 saturated heterocycles. The van der Waals surface area contributed by atoms with E-state index in [1.165, 1.54) is 0 Å². The lowest BCUT2D eigenvalue weighted by atomic mass is 10.6. The fourth-order valence-corrected chi connectivity index (χ4v) is 1.47. The highest BCUT2D eigenvalue weighted by Crippen LogP contribution is 2.15. The van der Waals surface area contributed by atoms with Gasteiger partial charge in [0.05, 0.1) is 18.9 Å². The minimum Gasteiger partial charge on any atom is -0.440 e. The van der Waals surface area contributed by atoms with E-state index in [-0.39, 0.29) is 0 Å². The minimum absolute atomic E-state index is 0.572. The Morgan fingerprint density at radius 2 is 2.46 bits per heavy atom. The quantitative estimate of drug-likeness (QED) is 0.552. The maximum atomic E-state index is 5.26. The van der Waals surface area contributed by atoms with Crippen molar-refractivity contribution in [2.45, 2.75) is 12.1 Å². The van der Waals surface area contributed by atoms with E-state index < -0.39 is 0 Å². The monoisotopic (exact) mass is 202 g/mol. The molecule has 1 aromatic heterocycles. The maximum absolute atomic E-state index is 5.26. The summed E-state index contributed by atoms with van der Waals surface area (Å²) in [4.78, 5) is 4.14. The predicted molar refractivity (Wildman–Crippen MR) is 51.8 cm³/mol. The van der Waals surface area contributed by atoms with Crippen molar-refractivity contribution >= 4 is 11.8 Å². The van der Waals surface area contributed by atoms with E-state index in [9.17, 15) is 0 Å². The van der Waals surface area contributed by atoms with Gasteiger partial charge < -0.3 is 14.9 Å². The van der Waals surface area contributed by atoms with Crippen LogP contribution < -0.4 is 5.73 Å². The molecule has 0 atom stereocenters. The highest BCUT2D eigenvalue weighted by atomic mass is 32.2. The lowest BCUT2D eigenvalue weighted by Gasteiger charge is -1.99. The second-order valence-electron chi connectivity index (χ2n) is 2.50. The molecule has 0 fully saturated rings. The zero-order valence-corrected chi connectivity index (χ0v) is 8.47. The van der Waals surface area contributed by atoms with Crippen LogP contribution in [0.2, 0.25) is 0 Å². The van der Waals surface area contributed by atoms with Gasteiger partial charge in [0.2, 0.25) is 0 Å². The normalized spacial score (nSPS) is 10.6. The fraction of sp³-hybridized carbons (Fsp3) is 0.625. The number of nitrogens with two attached hydrogens (primary N) is 1. The SMILES string of the molecule is Cc1coc(SCCOCCN)n1. The second kappa shape index (κ2) is 6.01. The van der Waals surface area contributed by atoms with E-state index in [1.807, 2.05) is 6.92 Å². The number of oxazole rings is 1. The molecular formula is C8H14N2O2S. The topological polar surface area (TPSA) is 61.3 Å². The van der Waals surface area contributed by atoms with Gasteiger partial charge in [-0.2, -0.15) is 0 Å². The molecule has 4 nitrogen and oxygen atoms in total. The van der Waals surface area contributed by atoms with Crippen molar-refractivity contribution in [2.24, 2.45) is 5.73 Å². The van der Waals surface area contributed by atoms with E-state index in [1.54, 1.807) is 18.0 Å². The standard InChI is InChI=1S/C8H14N2O2S/c1-7-6-12-8(10-7)13-5-4-11-3-2-9/h6H,2-5,9H2,1H3. The van der Waals surface area contributed by atoms with Gasteiger partial charge in [0.15, 0.2) is 0 Å². The van der Waals surface area contributed by atoms with Crippen LogP contribution in [-0.4, -0.2) is 30.5 Å². The van der Waals surface area contributed by atoms with E-state index in [2.05, 4.69) is 4.98 Å². The molecule has 5 heteroatoms. The number of ether oxygens (including phenoxy) is 1. The molecule has 13 heavy (non-hydrogen) atoms.